The van der Waals surface area contributed by atoms with E-state index in [1.165, 1.54) is 0 Å². The van der Waals surface area contributed by atoms with Crippen molar-refractivity contribution in [3.05, 3.63) is 23.3 Å². The minimum Gasteiger partial charge on any atom is -0.478 e. The smallest absolute Gasteiger partial charge is 0.331 e. The molecular weight excluding hydrogens is 276 g/mol. The van der Waals surface area contributed by atoms with Gasteiger partial charge in [0.1, 0.15) is 0 Å². The highest BCUT2D eigenvalue weighted by Crippen LogP contribution is 2.10. The van der Waals surface area contributed by atoms with E-state index in [0.29, 0.717) is 12.8 Å². The highest BCUT2D eigenvalue weighted by Gasteiger charge is 2.06. The quantitative estimate of drug-likeness (QED) is 0.322. The molecule has 0 amide bonds. The fourth-order valence-electron chi connectivity index (χ4n) is 1.85. The van der Waals surface area contributed by atoms with Crippen LogP contribution in [0.1, 0.15) is 44.9 Å². The third kappa shape index (κ3) is 9.81. The average molecular weight is 300 g/mol. The molecular formula is C15H24O6. The van der Waals surface area contributed by atoms with Crippen LogP contribution in [0.2, 0.25) is 0 Å². The van der Waals surface area contributed by atoms with Crippen LogP contribution in [0.25, 0.3) is 0 Å². The molecule has 0 heterocycles. The van der Waals surface area contributed by atoms with Gasteiger partial charge in [-0.15, -0.1) is 0 Å². The van der Waals surface area contributed by atoms with Crippen LogP contribution in [-0.4, -0.2) is 45.6 Å². The van der Waals surface area contributed by atoms with Gasteiger partial charge in [0.25, 0.3) is 0 Å². The molecule has 0 spiro atoms. The molecule has 0 saturated carbocycles. The Morgan fingerprint density at radius 1 is 0.714 bits per heavy atom. The average Bonchev–Trinajstić information content (AvgIpc) is 2.43. The van der Waals surface area contributed by atoms with Gasteiger partial charge in [-0.05, 0) is 25.7 Å². The maximum Gasteiger partial charge on any atom is 0.331 e. The molecule has 0 aliphatic heterocycles. The lowest BCUT2D eigenvalue weighted by Gasteiger charge is -2.01. The second-order valence-electron chi connectivity index (χ2n) is 4.65. The lowest BCUT2D eigenvalue weighted by atomic mass is 10.1. The standard InChI is InChI=1S/C15H24O6/c16-10-8-12(14(18)19)6-4-2-1-3-5-7-13(9-11-17)15(20)21/h6-7,16-17H,1-5,8-11H2,(H,18,19)(H,20,21). The maximum atomic E-state index is 10.8. The molecule has 6 nitrogen and oxygen atoms in total. The van der Waals surface area contributed by atoms with Crippen LogP contribution in [0, 0.1) is 0 Å². The van der Waals surface area contributed by atoms with E-state index in [1.807, 2.05) is 0 Å². The first-order valence-corrected chi connectivity index (χ1v) is 7.09. The normalized spacial score (nSPS) is 12.5. The number of rotatable bonds is 12. The minimum atomic E-state index is -0.998. The Bertz CT molecular complexity index is 348. The van der Waals surface area contributed by atoms with E-state index < -0.39 is 11.9 Å². The number of hydrogen-bond acceptors (Lipinski definition) is 4. The summed E-state index contributed by atoms with van der Waals surface area (Å²) in [4.78, 5) is 21.6. The van der Waals surface area contributed by atoms with Crippen LogP contribution in [-0.2, 0) is 9.59 Å². The van der Waals surface area contributed by atoms with Gasteiger partial charge in [-0.2, -0.15) is 0 Å². The molecule has 0 aromatic rings. The summed E-state index contributed by atoms with van der Waals surface area (Å²) < 4.78 is 0. The number of carboxylic acid groups (broad SMARTS) is 2. The third-order valence-electron chi connectivity index (χ3n) is 3.00. The first-order valence-electron chi connectivity index (χ1n) is 7.09. The molecule has 0 aliphatic rings. The van der Waals surface area contributed by atoms with Crippen LogP contribution in [0.15, 0.2) is 23.3 Å². The third-order valence-corrected chi connectivity index (χ3v) is 3.00. The van der Waals surface area contributed by atoms with E-state index in [2.05, 4.69) is 0 Å². The van der Waals surface area contributed by atoms with E-state index in [9.17, 15) is 9.59 Å². The molecule has 120 valence electrons. The summed E-state index contributed by atoms with van der Waals surface area (Å²) in [6.45, 7) is -0.350. The Balaban J connectivity index is 3.95. The second kappa shape index (κ2) is 12.1. The lowest BCUT2D eigenvalue weighted by Crippen LogP contribution is -2.02. The van der Waals surface area contributed by atoms with Crippen molar-refractivity contribution in [1.82, 2.24) is 0 Å². The van der Waals surface area contributed by atoms with Gasteiger partial charge in [-0.3, -0.25) is 0 Å². The van der Waals surface area contributed by atoms with Crippen molar-refractivity contribution in [2.24, 2.45) is 0 Å². The summed E-state index contributed by atoms with van der Waals surface area (Å²) >= 11 is 0. The van der Waals surface area contributed by atoms with Crippen LogP contribution in [0.3, 0.4) is 0 Å². The van der Waals surface area contributed by atoms with Gasteiger partial charge in [0, 0.05) is 37.2 Å². The molecule has 0 unspecified atom stereocenters. The largest absolute Gasteiger partial charge is 0.478 e. The second-order valence-corrected chi connectivity index (χ2v) is 4.65. The first kappa shape index (κ1) is 19.3. The number of hydrogen-bond donors (Lipinski definition) is 4. The highest BCUT2D eigenvalue weighted by atomic mass is 16.4. The molecule has 0 saturated heterocycles. The summed E-state index contributed by atoms with van der Waals surface area (Å²) in [5.41, 5.74) is 0.460. The molecule has 0 radical (unpaired) electrons. The van der Waals surface area contributed by atoms with Gasteiger partial charge in [0.2, 0.25) is 0 Å². The SMILES string of the molecule is O=C(O)C(=CCCCCCC=C(CCO)C(=O)O)CCO. The summed E-state index contributed by atoms with van der Waals surface area (Å²) in [5, 5.41) is 35.1. The number of carbonyl (C=O) groups is 2. The monoisotopic (exact) mass is 300 g/mol. The van der Waals surface area contributed by atoms with Crippen molar-refractivity contribution in [3.8, 4) is 0 Å². The Morgan fingerprint density at radius 2 is 1.10 bits per heavy atom. The van der Waals surface area contributed by atoms with Crippen molar-refractivity contribution >= 4 is 11.9 Å². The number of aliphatic hydroxyl groups is 2. The highest BCUT2D eigenvalue weighted by molar-refractivity contribution is 5.86. The fraction of sp³-hybridized carbons (Fsp3) is 0.600. The van der Waals surface area contributed by atoms with Crippen molar-refractivity contribution in [2.45, 2.75) is 44.9 Å². The number of carboxylic acids is 2. The van der Waals surface area contributed by atoms with Crippen molar-refractivity contribution in [1.29, 1.82) is 0 Å². The van der Waals surface area contributed by atoms with Crippen LogP contribution < -0.4 is 0 Å². The Morgan fingerprint density at radius 3 is 1.38 bits per heavy atom. The zero-order valence-electron chi connectivity index (χ0n) is 12.1. The van der Waals surface area contributed by atoms with E-state index in [4.69, 9.17) is 20.4 Å². The van der Waals surface area contributed by atoms with Gasteiger partial charge in [0.15, 0.2) is 0 Å². The lowest BCUT2D eigenvalue weighted by molar-refractivity contribution is -0.133. The Labute approximate surface area is 124 Å². The minimum absolute atomic E-state index is 0.154. The summed E-state index contributed by atoms with van der Waals surface area (Å²) in [5.74, 6) is -2.00. The predicted molar refractivity (Wildman–Crippen MR) is 77.9 cm³/mol. The topological polar surface area (TPSA) is 115 Å². The van der Waals surface area contributed by atoms with Gasteiger partial charge in [-0.25, -0.2) is 9.59 Å². The molecule has 4 N–H and O–H groups in total. The van der Waals surface area contributed by atoms with Gasteiger partial charge in [0.05, 0.1) is 0 Å². The van der Waals surface area contributed by atoms with Gasteiger partial charge >= 0.3 is 11.9 Å². The van der Waals surface area contributed by atoms with E-state index in [1.54, 1.807) is 12.2 Å². The zero-order chi connectivity index (χ0) is 16.1. The summed E-state index contributed by atoms with van der Waals surface area (Å²) in [6, 6.07) is 0. The summed E-state index contributed by atoms with van der Waals surface area (Å²) in [7, 11) is 0. The number of unbranched alkanes of at least 4 members (excludes halogenated alkanes) is 4. The van der Waals surface area contributed by atoms with Gasteiger partial charge < -0.3 is 20.4 Å². The molecule has 6 heteroatoms. The van der Waals surface area contributed by atoms with Crippen molar-refractivity contribution in [3.63, 3.8) is 0 Å². The molecule has 0 aliphatic carbocycles. The Hall–Kier alpha value is -1.66. The van der Waals surface area contributed by atoms with Crippen molar-refractivity contribution < 1.29 is 30.0 Å². The molecule has 0 aromatic carbocycles. The number of allylic oxidation sites excluding steroid dienone is 2. The molecule has 0 bridgehead atoms. The van der Waals surface area contributed by atoms with Crippen LogP contribution in [0.5, 0.6) is 0 Å². The van der Waals surface area contributed by atoms with Crippen LogP contribution >= 0.6 is 0 Å². The van der Waals surface area contributed by atoms with E-state index >= 15 is 0 Å². The fourth-order valence-corrected chi connectivity index (χ4v) is 1.85. The van der Waals surface area contributed by atoms with Crippen molar-refractivity contribution in [2.75, 3.05) is 13.2 Å². The van der Waals surface area contributed by atoms with Crippen LogP contribution in [0.4, 0.5) is 0 Å². The molecule has 0 fully saturated rings. The van der Waals surface area contributed by atoms with E-state index in [-0.39, 0.29) is 37.2 Å². The zero-order valence-corrected chi connectivity index (χ0v) is 12.1. The predicted octanol–water partition coefficient (Wildman–Crippen LogP) is 1.72. The maximum absolute atomic E-state index is 10.8. The number of aliphatic hydroxyl groups excluding tert-OH is 2. The molecule has 21 heavy (non-hydrogen) atoms. The summed E-state index contributed by atoms with van der Waals surface area (Å²) in [6.07, 6.45) is 7.33. The molecule has 0 atom stereocenters. The Kier molecular flexibility index (Phi) is 11.2. The molecule has 0 rings (SSSR count). The van der Waals surface area contributed by atoms with E-state index in [0.717, 1.165) is 19.3 Å². The number of aliphatic carboxylic acids is 2. The molecule has 0 aromatic heterocycles. The van der Waals surface area contributed by atoms with Gasteiger partial charge in [-0.1, -0.05) is 18.6 Å². The first-order chi connectivity index (χ1) is 10.0.